The van der Waals surface area contributed by atoms with Gasteiger partial charge in [-0.2, -0.15) is 0 Å². The van der Waals surface area contributed by atoms with Gasteiger partial charge in [-0.25, -0.2) is 8.78 Å². The van der Waals surface area contributed by atoms with Gasteiger partial charge in [0, 0.05) is 30.6 Å². The lowest BCUT2D eigenvalue weighted by molar-refractivity contribution is -0.119. The van der Waals surface area contributed by atoms with Crippen LogP contribution in [0, 0.1) is 17.6 Å². The monoisotopic (exact) mass is 268 g/mol. The van der Waals surface area contributed by atoms with Crippen LogP contribution in [0.15, 0.2) is 23.4 Å². The Morgan fingerprint density at radius 3 is 2.58 bits per heavy atom. The molecule has 1 aromatic carbocycles. The van der Waals surface area contributed by atoms with Crippen LogP contribution in [-0.2, 0) is 4.79 Å². The van der Waals surface area contributed by atoms with E-state index in [1.54, 1.807) is 4.90 Å². The lowest BCUT2D eigenvalue weighted by Gasteiger charge is -2.29. The minimum absolute atomic E-state index is 0.105. The molecule has 1 aliphatic rings. The maximum atomic E-state index is 13.7. The minimum Gasteiger partial charge on any atom is -0.411 e. The summed E-state index contributed by atoms with van der Waals surface area (Å²) in [6.45, 7) is 1.08. The Hall–Kier alpha value is -1.98. The number of amides is 1. The molecule has 2 rings (SSSR count). The van der Waals surface area contributed by atoms with Gasteiger partial charge in [0.05, 0.1) is 5.71 Å². The zero-order chi connectivity index (χ0) is 13.8. The Kier molecular flexibility index (Phi) is 4.09. The number of benzene rings is 1. The zero-order valence-corrected chi connectivity index (χ0v) is 10.2. The van der Waals surface area contributed by atoms with Crippen molar-refractivity contribution in [1.29, 1.82) is 0 Å². The number of carbonyl (C=O) groups is 1. The molecule has 1 N–H and O–H groups in total. The maximum Gasteiger partial charge on any atom is 0.209 e. The van der Waals surface area contributed by atoms with Gasteiger partial charge in [0.15, 0.2) is 0 Å². The largest absolute Gasteiger partial charge is 0.411 e. The molecule has 0 unspecified atom stereocenters. The molecule has 0 saturated carbocycles. The summed E-state index contributed by atoms with van der Waals surface area (Å²) in [6.07, 6.45) is 1.95. The summed E-state index contributed by atoms with van der Waals surface area (Å²) in [4.78, 5) is 12.2. The number of nitrogens with zero attached hydrogens (tertiary/aromatic N) is 2. The van der Waals surface area contributed by atoms with Gasteiger partial charge in [0.1, 0.15) is 11.6 Å². The number of piperidine rings is 1. The van der Waals surface area contributed by atoms with E-state index in [-0.39, 0.29) is 17.2 Å². The number of hydrogen-bond donors (Lipinski definition) is 1. The third-order valence-corrected chi connectivity index (χ3v) is 3.38. The van der Waals surface area contributed by atoms with Crippen molar-refractivity contribution in [1.82, 2.24) is 4.90 Å². The van der Waals surface area contributed by atoms with Gasteiger partial charge >= 0.3 is 0 Å². The number of halogens is 2. The third kappa shape index (κ3) is 2.89. The highest BCUT2D eigenvalue weighted by Crippen LogP contribution is 2.23. The van der Waals surface area contributed by atoms with Crippen molar-refractivity contribution in [3.05, 3.63) is 35.4 Å². The maximum absolute atomic E-state index is 13.7. The molecule has 0 atom stereocenters. The van der Waals surface area contributed by atoms with Crippen molar-refractivity contribution in [3.63, 3.8) is 0 Å². The van der Waals surface area contributed by atoms with Crippen molar-refractivity contribution in [3.8, 4) is 0 Å². The molecule has 1 aliphatic heterocycles. The fraction of sp³-hybridized carbons (Fsp3) is 0.385. The Morgan fingerprint density at radius 2 is 2.05 bits per heavy atom. The number of likely N-dealkylation sites (tertiary alicyclic amines) is 1. The zero-order valence-electron chi connectivity index (χ0n) is 10.2. The van der Waals surface area contributed by atoms with Crippen molar-refractivity contribution in [2.45, 2.75) is 12.8 Å². The fourth-order valence-corrected chi connectivity index (χ4v) is 2.33. The molecule has 6 heteroatoms. The highest BCUT2D eigenvalue weighted by molar-refractivity contribution is 6.02. The van der Waals surface area contributed by atoms with Crippen LogP contribution in [0.25, 0.3) is 0 Å². The predicted octanol–water partition coefficient (Wildman–Crippen LogP) is 2.01. The summed E-state index contributed by atoms with van der Waals surface area (Å²) in [5, 5.41) is 12.3. The van der Waals surface area contributed by atoms with E-state index in [0.29, 0.717) is 25.9 Å². The Labute approximate surface area is 109 Å². The van der Waals surface area contributed by atoms with E-state index >= 15 is 0 Å². The molecule has 4 nitrogen and oxygen atoms in total. The molecule has 0 aromatic heterocycles. The van der Waals surface area contributed by atoms with Gasteiger partial charge in [0.2, 0.25) is 6.41 Å². The van der Waals surface area contributed by atoms with E-state index < -0.39 is 11.6 Å². The van der Waals surface area contributed by atoms with Crippen LogP contribution in [0.2, 0.25) is 0 Å². The Bertz CT molecular complexity index is 497. The third-order valence-electron chi connectivity index (χ3n) is 3.38. The van der Waals surface area contributed by atoms with E-state index in [9.17, 15) is 13.6 Å². The van der Waals surface area contributed by atoms with Gasteiger partial charge in [0.25, 0.3) is 0 Å². The quantitative estimate of drug-likeness (QED) is 0.394. The molecular weight excluding hydrogens is 254 g/mol. The summed E-state index contributed by atoms with van der Waals surface area (Å²) >= 11 is 0. The summed E-state index contributed by atoms with van der Waals surface area (Å²) in [6, 6.07) is 3.16. The summed E-state index contributed by atoms with van der Waals surface area (Å²) in [7, 11) is 0. The second-order valence-corrected chi connectivity index (χ2v) is 4.53. The molecule has 1 heterocycles. The minimum atomic E-state index is -0.745. The normalized spacial score (nSPS) is 17.6. The molecule has 1 fully saturated rings. The van der Waals surface area contributed by atoms with E-state index in [4.69, 9.17) is 5.21 Å². The number of hydrogen-bond acceptors (Lipinski definition) is 3. The average molecular weight is 268 g/mol. The topological polar surface area (TPSA) is 52.9 Å². The average Bonchev–Trinajstić information content (AvgIpc) is 2.42. The van der Waals surface area contributed by atoms with Crippen molar-refractivity contribution in [2.75, 3.05) is 13.1 Å². The van der Waals surface area contributed by atoms with Gasteiger partial charge in [-0.1, -0.05) is 5.16 Å². The Balaban J connectivity index is 2.19. The standard InChI is InChI=1S/C13H14F2N2O2/c14-10-1-2-11(12(15)7-10)13(16-19)9-3-5-17(8-18)6-4-9/h1-2,7-9,19H,3-6H2. The van der Waals surface area contributed by atoms with Crippen LogP contribution >= 0.6 is 0 Å². The predicted molar refractivity (Wildman–Crippen MR) is 65.0 cm³/mol. The van der Waals surface area contributed by atoms with E-state index in [2.05, 4.69) is 5.16 Å². The summed E-state index contributed by atoms with van der Waals surface area (Å²) in [5.41, 5.74) is 0.316. The first-order chi connectivity index (χ1) is 9.15. The lowest BCUT2D eigenvalue weighted by atomic mass is 9.88. The fourth-order valence-electron chi connectivity index (χ4n) is 2.33. The van der Waals surface area contributed by atoms with Crippen LogP contribution in [0.3, 0.4) is 0 Å². The van der Waals surface area contributed by atoms with E-state index in [1.807, 2.05) is 0 Å². The van der Waals surface area contributed by atoms with Crippen molar-refractivity contribution < 1.29 is 18.8 Å². The highest BCUT2D eigenvalue weighted by Gasteiger charge is 2.26. The molecule has 0 spiro atoms. The van der Waals surface area contributed by atoms with Crippen LogP contribution in [0.5, 0.6) is 0 Å². The number of rotatable bonds is 3. The lowest BCUT2D eigenvalue weighted by Crippen LogP contribution is -2.35. The molecule has 0 radical (unpaired) electrons. The number of oxime groups is 1. The molecular formula is C13H14F2N2O2. The first-order valence-electron chi connectivity index (χ1n) is 6.02. The van der Waals surface area contributed by atoms with Crippen molar-refractivity contribution in [2.24, 2.45) is 11.1 Å². The van der Waals surface area contributed by atoms with Crippen molar-refractivity contribution >= 4 is 12.1 Å². The van der Waals surface area contributed by atoms with Crippen LogP contribution in [0.4, 0.5) is 8.78 Å². The van der Waals surface area contributed by atoms with Gasteiger partial charge in [-0.15, -0.1) is 0 Å². The molecule has 0 aliphatic carbocycles. The van der Waals surface area contributed by atoms with Gasteiger partial charge in [-0.05, 0) is 25.0 Å². The first kappa shape index (κ1) is 13.5. The molecule has 1 saturated heterocycles. The smallest absolute Gasteiger partial charge is 0.209 e. The molecule has 1 amide bonds. The van der Waals surface area contributed by atoms with Gasteiger partial charge < -0.3 is 10.1 Å². The van der Waals surface area contributed by atoms with Crippen LogP contribution in [0.1, 0.15) is 18.4 Å². The highest BCUT2D eigenvalue weighted by atomic mass is 19.1. The van der Waals surface area contributed by atoms with E-state index in [0.717, 1.165) is 18.5 Å². The molecule has 0 bridgehead atoms. The molecule has 102 valence electrons. The summed E-state index contributed by atoms with van der Waals surface area (Å²) in [5.74, 6) is -1.55. The van der Waals surface area contributed by atoms with Crippen LogP contribution < -0.4 is 0 Å². The SMILES string of the molecule is O=CN1CCC(C(=NO)c2ccc(F)cc2F)CC1. The van der Waals surface area contributed by atoms with Crippen LogP contribution in [-0.4, -0.2) is 35.3 Å². The first-order valence-corrected chi connectivity index (χ1v) is 6.02. The van der Waals surface area contributed by atoms with E-state index in [1.165, 1.54) is 6.07 Å². The molecule has 1 aromatic rings. The second kappa shape index (κ2) is 5.77. The van der Waals surface area contributed by atoms with Gasteiger partial charge in [-0.3, -0.25) is 4.79 Å². The Morgan fingerprint density at radius 1 is 1.37 bits per heavy atom. The second-order valence-electron chi connectivity index (χ2n) is 4.53. The molecule has 19 heavy (non-hydrogen) atoms. The number of carbonyl (C=O) groups excluding carboxylic acids is 1. The summed E-state index contributed by atoms with van der Waals surface area (Å²) < 4.78 is 26.6.